The Bertz CT molecular complexity index is 745. The van der Waals surface area contributed by atoms with E-state index in [4.69, 9.17) is 0 Å². The molecular weight excluding hydrogens is 352 g/mol. The summed E-state index contributed by atoms with van der Waals surface area (Å²) in [6, 6.07) is 12.5. The largest absolute Gasteiger partial charge is 0.316 e. The molecule has 2 aromatic carbocycles. The van der Waals surface area contributed by atoms with Gasteiger partial charge in [-0.3, -0.25) is 4.72 Å². The Morgan fingerprint density at radius 1 is 1.14 bits per heavy atom. The molecule has 0 saturated carbocycles. The molecule has 2 N–H and O–H groups in total. The molecule has 0 aliphatic rings. The van der Waals surface area contributed by atoms with E-state index in [-0.39, 0.29) is 4.90 Å². The van der Waals surface area contributed by atoms with Crippen LogP contribution in [0, 0.1) is 6.92 Å². The minimum Gasteiger partial charge on any atom is -0.316 e. The summed E-state index contributed by atoms with van der Waals surface area (Å²) in [5, 5.41) is 3.02. The third kappa shape index (κ3) is 3.84. The molecule has 2 aromatic rings. The third-order valence-electron chi connectivity index (χ3n) is 3.01. The molecule has 0 unspecified atom stereocenters. The van der Waals surface area contributed by atoms with Gasteiger partial charge in [0, 0.05) is 11.0 Å². The zero-order valence-electron chi connectivity index (χ0n) is 11.9. The van der Waals surface area contributed by atoms with Crippen LogP contribution in [0.2, 0.25) is 0 Å². The van der Waals surface area contributed by atoms with Gasteiger partial charge in [0.05, 0.1) is 5.69 Å². The van der Waals surface area contributed by atoms with E-state index in [1.807, 2.05) is 26.1 Å². The van der Waals surface area contributed by atoms with Crippen molar-refractivity contribution in [2.45, 2.75) is 18.4 Å². The number of nitrogens with one attached hydrogen (secondary N) is 2. The molecule has 0 saturated heterocycles. The van der Waals surface area contributed by atoms with Crippen LogP contribution in [0.3, 0.4) is 0 Å². The third-order valence-corrected chi connectivity index (χ3v) is 5.35. The minimum atomic E-state index is -3.63. The molecule has 0 amide bonds. The van der Waals surface area contributed by atoms with E-state index >= 15 is 0 Å². The number of rotatable bonds is 5. The Balaban J connectivity index is 2.38. The number of para-hydroxylation sites is 1. The van der Waals surface area contributed by atoms with E-state index in [9.17, 15) is 8.42 Å². The van der Waals surface area contributed by atoms with Crippen molar-refractivity contribution in [3.8, 4) is 0 Å². The second kappa shape index (κ2) is 6.60. The molecule has 0 fully saturated rings. The van der Waals surface area contributed by atoms with Crippen molar-refractivity contribution in [1.29, 1.82) is 0 Å². The van der Waals surface area contributed by atoms with E-state index in [1.165, 1.54) is 0 Å². The van der Waals surface area contributed by atoms with Gasteiger partial charge in [-0.25, -0.2) is 8.42 Å². The summed E-state index contributed by atoms with van der Waals surface area (Å²) in [6.45, 7) is 2.50. The first-order valence-electron chi connectivity index (χ1n) is 6.45. The number of benzene rings is 2. The topological polar surface area (TPSA) is 58.2 Å². The number of hydrogen-bond acceptors (Lipinski definition) is 3. The molecule has 0 aromatic heterocycles. The van der Waals surface area contributed by atoms with Gasteiger partial charge in [-0.15, -0.1) is 0 Å². The Labute approximate surface area is 133 Å². The maximum Gasteiger partial charge on any atom is 0.263 e. The highest BCUT2D eigenvalue weighted by Crippen LogP contribution is 2.26. The van der Waals surface area contributed by atoms with Gasteiger partial charge >= 0.3 is 0 Å². The Kier molecular flexibility index (Phi) is 5.03. The Hall–Kier alpha value is -1.37. The van der Waals surface area contributed by atoms with Crippen LogP contribution in [-0.4, -0.2) is 15.5 Å². The van der Waals surface area contributed by atoms with Crippen LogP contribution >= 0.6 is 15.9 Å². The summed E-state index contributed by atoms with van der Waals surface area (Å²) in [5.41, 5.74) is 2.47. The molecule has 2 rings (SSSR count). The molecule has 0 spiro atoms. The van der Waals surface area contributed by atoms with Crippen LogP contribution in [0.1, 0.15) is 11.1 Å². The molecule has 0 atom stereocenters. The lowest BCUT2D eigenvalue weighted by atomic mass is 10.2. The quantitative estimate of drug-likeness (QED) is 0.851. The predicted octanol–water partition coefficient (Wildman–Crippen LogP) is 3.28. The Morgan fingerprint density at radius 2 is 1.86 bits per heavy atom. The van der Waals surface area contributed by atoms with Crippen LogP contribution in [0.25, 0.3) is 0 Å². The van der Waals surface area contributed by atoms with E-state index in [0.29, 0.717) is 16.7 Å². The van der Waals surface area contributed by atoms with Crippen molar-refractivity contribution >= 4 is 31.6 Å². The van der Waals surface area contributed by atoms with Crippen molar-refractivity contribution in [2.24, 2.45) is 0 Å². The lowest BCUT2D eigenvalue weighted by Gasteiger charge is -2.13. The Morgan fingerprint density at radius 3 is 2.52 bits per heavy atom. The molecule has 4 nitrogen and oxygen atoms in total. The van der Waals surface area contributed by atoms with Crippen LogP contribution < -0.4 is 10.0 Å². The van der Waals surface area contributed by atoms with Crippen LogP contribution in [-0.2, 0) is 16.6 Å². The fourth-order valence-electron chi connectivity index (χ4n) is 1.99. The first-order valence-corrected chi connectivity index (χ1v) is 8.73. The minimum absolute atomic E-state index is 0.229. The van der Waals surface area contributed by atoms with Crippen molar-refractivity contribution in [1.82, 2.24) is 5.32 Å². The number of halogens is 1. The first-order chi connectivity index (χ1) is 9.94. The summed E-state index contributed by atoms with van der Waals surface area (Å²) in [4.78, 5) is 0.229. The predicted molar refractivity (Wildman–Crippen MR) is 88.9 cm³/mol. The van der Waals surface area contributed by atoms with Gasteiger partial charge in [-0.1, -0.05) is 24.3 Å². The van der Waals surface area contributed by atoms with Gasteiger partial charge in [0.1, 0.15) is 4.90 Å². The summed E-state index contributed by atoms with van der Waals surface area (Å²) in [5.74, 6) is 0. The van der Waals surface area contributed by atoms with E-state index in [0.717, 1.165) is 11.1 Å². The molecule has 0 aliphatic carbocycles. The number of hydrogen-bond donors (Lipinski definition) is 2. The van der Waals surface area contributed by atoms with Gasteiger partial charge < -0.3 is 5.32 Å². The zero-order valence-corrected chi connectivity index (χ0v) is 14.3. The summed E-state index contributed by atoms with van der Waals surface area (Å²) < 4.78 is 28.3. The zero-order chi connectivity index (χ0) is 15.5. The lowest BCUT2D eigenvalue weighted by Crippen LogP contribution is -2.16. The van der Waals surface area contributed by atoms with Crippen LogP contribution in [0.15, 0.2) is 51.8 Å². The van der Waals surface area contributed by atoms with Crippen molar-refractivity contribution in [3.63, 3.8) is 0 Å². The maximum atomic E-state index is 12.5. The van der Waals surface area contributed by atoms with E-state index in [1.54, 1.807) is 30.3 Å². The van der Waals surface area contributed by atoms with Gasteiger partial charge in [0.15, 0.2) is 0 Å². The van der Waals surface area contributed by atoms with Gasteiger partial charge in [-0.05, 0) is 59.2 Å². The monoisotopic (exact) mass is 368 g/mol. The summed E-state index contributed by atoms with van der Waals surface area (Å²) in [7, 11) is -1.80. The number of sulfonamides is 1. The van der Waals surface area contributed by atoms with Crippen LogP contribution in [0.4, 0.5) is 5.69 Å². The highest BCUT2D eigenvalue weighted by atomic mass is 79.9. The SMILES string of the molecule is CNCc1ccccc1NS(=O)(=O)c1ccc(C)cc1Br. The second-order valence-electron chi connectivity index (χ2n) is 4.73. The second-order valence-corrected chi connectivity index (χ2v) is 7.23. The molecule has 0 radical (unpaired) electrons. The normalized spacial score (nSPS) is 11.4. The molecule has 0 heterocycles. The van der Waals surface area contributed by atoms with Crippen molar-refractivity contribution < 1.29 is 8.42 Å². The highest BCUT2D eigenvalue weighted by molar-refractivity contribution is 9.10. The first kappa shape index (κ1) is 16.0. The van der Waals surface area contributed by atoms with Gasteiger partial charge in [-0.2, -0.15) is 0 Å². The number of anilines is 1. The van der Waals surface area contributed by atoms with Crippen molar-refractivity contribution in [3.05, 3.63) is 58.1 Å². The van der Waals surface area contributed by atoms with Gasteiger partial charge in [0.25, 0.3) is 10.0 Å². The van der Waals surface area contributed by atoms with Crippen molar-refractivity contribution in [2.75, 3.05) is 11.8 Å². The van der Waals surface area contributed by atoms with Gasteiger partial charge in [0.2, 0.25) is 0 Å². The fraction of sp³-hybridized carbons (Fsp3) is 0.200. The van der Waals surface area contributed by atoms with E-state index in [2.05, 4.69) is 26.0 Å². The number of aryl methyl sites for hydroxylation is 1. The summed E-state index contributed by atoms with van der Waals surface area (Å²) in [6.07, 6.45) is 0. The molecule has 0 aliphatic heterocycles. The smallest absolute Gasteiger partial charge is 0.263 e. The summed E-state index contributed by atoms with van der Waals surface area (Å²) >= 11 is 3.31. The highest BCUT2D eigenvalue weighted by Gasteiger charge is 2.18. The average Bonchev–Trinajstić information content (AvgIpc) is 2.40. The molecule has 112 valence electrons. The lowest BCUT2D eigenvalue weighted by molar-refractivity contribution is 0.600. The molecular formula is C15H17BrN2O2S. The fourth-order valence-corrected chi connectivity index (χ4v) is 4.28. The average molecular weight is 369 g/mol. The molecule has 21 heavy (non-hydrogen) atoms. The van der Waals surface area contributed by atoms with E-state index < -0.39 is 10.0 Å². The standard InChI is InChI=1S/C15H17BrN2O2S/c1-11-7-8-15(13(16)9-11)21(19,20)18-14-6-4-3-5-12(14)10-17-2/h3-9,17-18H,10H2,1-2H3. The molecule has 0 bridgehead atoms. The molecule has 6 heteroatoms. The maximum absolute atomic E-state index is 12.5. The van der Waals surface area contributed by atoms with Crippen LogP contribution in [0.5, 0.6) is 0 Å².